The Balaban J connectivity index is 1.99. The number of para-hydroxylation sites is 2. The summed E-state index contributed by atoms with van der Waals surface area (Å²) in [4.78, 5) is 4.00. The maximum atomic E-state index is 13.3. The smallest absolute Gasteiger partial charge is 0.147 e. The van der Waals surface area contributed by atoms with Crippen LogP contribution in [0.1, 0.15) is 0 Å². The zero-order chi connectivity index (χ0) is 12.5. The van der Waals surface area contributed by atoms with Crippen molar-refractivity contribution in [3.63, 3.8) is 0 Å². The Morgan fingerprint density at radius 3 is 2.72 bits per heavy atom. The van der Waals surface area contributed by atoms with Gasteiger partial charge in [-0.1, -0.05) is 36.0 Å². The quantitative estimate of drug-likeness (QED) is 0.681. The highest BCUT2D eigenvalue weighted by atomic mass is 32.2. The molecule has 0 unspecified atom stereocenters. The molecule has 0 saturated carbocycles. The molecule has 3 N–H and O–H groups in total. The molecule has 3 aromatic rings. The molecule has 0 bridgehead atoms. The zero-order valence-corrected chi connectivity index (χ0v) is 10.3. The first-order valence-corrected chi connectivity index (χ1v) is 6.35. The van der Waals surface area contributed by atoms with E-state index in [0.717, 1.165) is 20.8 Å². The highest BCUT2D eigenvalue weighted by Gasteiger charge is 2.07. The summed E-state index contributed by atoms with van der Waals surface area (Å²) in [6, 6.07) is 14.9. The number of nitrogen functional groups attached to an aromatic ring is 1. The fourth-order valence-electron chi connectivity index (χ4n) is 1.83. The second-order valence-electron chi connectivity index (χ2n) is 3.97. The highest BCUT2D eigenvalue weighted by Crippen LogP contribution is 2.34. The van der Waals surface area contributed by atoms with E-state index in [2.05, 4.69) is 4.98 Å². The van der Waals surface area contributed by atoms with Crippen molar-refractivity contribution in [1.82, 2.24) is 4.98 Å². The molecule has 2 aromatic carbocycles. The number of anilines is 1. The van der Waals surface area contributed by atoms with E-state index in [4.69, 9.17) is 5.73 Å². The number of hydrogen-bond donors (Lipinski definition) is 2. The Hall–Kier alpha value is -1.94. The lowest BCUT2D eigenvalue weighted by atomic mass is 10.3. The van der Waals surface area contributed by atoms with Gasteiger partial charge in [-0.25, -0.2) is 4.39 Å². The van der Waals surface area contributed by atoms with Gasteiger partial charge in [0, 0.05) is 15.8 Å². The molecule has 0 fully saturated rings. The van der Waals surface area contributed by atoms with Gasteiger partial charge in [0.15, 0.2) is 0 Å². The molecule has 2 nitrogen and oxygen atoms in total. The van der Waals surface area contributed by atoms with Crippen LogP contribution in [0.25, 0.3) is 10.9 Å². The predicted molar refractivity (Wildman–Crippen MR) is 73.2 cm³/mol. The molecule has 1 aromatic heterocycles. The first-order valence-electron chi connectivity index (χ1n) is 5.53. The topological polar surface area (TPSA) is 41.8 Å². The van der Waals surface area contributed by atoms with E-state index in [0.29, 0.717) is 0 Å². The van der Waals surface area contributed by atoms with Crippen LogP contribution >= 0.6 is 11.8 Å². The van der Waals surface area contributed by atoms with Crippen LogP contribution in [0, 0.1) is 5.82 Å². The lowest BCUT2D eigenvalue weighted by molar-refractivity contribution is 0.629. The monoisotopic (exact) mass is 258 g/mol. The van der Waals surface area contributed by atoms with E-state index in [1.165, 1.54) is 17.8 Å². The number of rotatable bonds is 2. The van der Waals surface area contributed by atoms with Crippen molar-refractivity contribution in [2.75, 3.05) is 5.73 Å². The van der Waals surface area contributed by atoms with Crippen LogP contribution in [0.5, 0.6) is 0 Å². The van der Waals surface area contributed by atoms with Crippen LogP contribution in [0.3, 0.4) is 0 Å². The normalized spacial score (nSPS) is 10.9. The molecule has 0 aliphatic heterocycles. The van der Waals surface area contributed by atoms with Crippen LogP contribution in [-0.2, 0) is 0 Å². The Morgan fingerprint density at radius 1 is 1.06 bits per heavy atom. The highest BCUT2D eigenvalue weighted by molar-refractivity contribution is 7.99. The summed E-state index contributed by atoms with van der Waals surface area (Å²) in [5.74, 6) is -0.379. The second kappa shape index (κ2) is 4.38. The summed E-state index contributed by atoms with van der Waals surface area (Å²) in [7, 11) is 0. The Kier molecular flexibility index (Phi) is 2.72. The minimum atomic E-state index is -0.379. The number of nitrogens with two attached hydrogens (primary N) is 1. The fraction of sp³-hybridized carbons (Fsp3) is 0. The molecule has 90 valence electrons. The van der Waals surface area contributed by atoms with Gasteiger partial charge in [0.1, 0.15) is 5.82 Å². The first-order chi connectivity index (χ1) is 8.74. The number of aromatic amines is 1. The molecule has 0 spiro atoms. The van der Waals surface area contributed by atoms with Crippen LogP contribution in [0.4, 0.5) is 10.1 Å². The third-order valence-electron chi connectivity index (χ3n) is 2.74. The van der Waals surface area contributed by atoms with Crippen LogP contribution < -0.4 is 5.73 Å². The van der Waals surface area contributed by atoms with Gasteiger partial charge in [-0.3, -0.25) is 0 Å². The Labute approximate surface area is 108 Å². The summed E-state index contributed by atoms with van der Waals surface area (Å²) >= 11 is 1.43. The zero-order valence-electron chi connectivity index (χ0n) is 9.48. The molecule has 0 amide bonds. The number of aromatic nitrogens is 1. The Morgan fingerprint density at radius 2 is 1.89 bits per heavy atom. The summed E-state index contributed by atoms with van der Waals surface area (Å²) < 4.78 is 13.3. The van der Waals surface area contributed by atoms with Crippen LogP contribution in [0.2, 0.25) is 0 Å². The average molecular weight is 258 g/mol. The maximum absolute atomic E-state index is 13.3. The van der Waals surface area contributed by atoms with Gasteiger partial charge in [0.2, 0.25) is 0 Å². The van der Waals surface area contributed by atoms with E-state index in [9.17, 15) is 4.39 Å². The fourth-order valence-corrected chi connectivity index (χ4v) is 2.76. The molecule has 0 saturated heterocycles. The molecular weight excluding hydrogens is 247 g/mol. The lowest BCUT2D eigenvalue weighted by Crippen LogP contribution is -1.92. The first kappa shape index (κ1) is 11.2. The SMILES string of the molecule is Nc1c(F)cccc1Sc1cc2ccccc2[nH]1. The summed E-state index contributed by atoms with van der Waals surface area (Å²) in [5, 5.41) is 2.09. The standard InChI is InChI=1S/C14H11FN2S/c15-10-5-3-7-12(14(10)16)18-13-8-9-4-1-2-6-11(9)17-13/h1-8,17H,16H2. The number of nitrogens with one attached hydrogen (secondary N) is 1. The van der Waals surface area contributed by atoms with Gasteiger partial charge in [-0.2, -0.15) is 0 Å². The number of hydrogen-bond acceptors (Lipinski definition) is 2. The minimum absolute atomic E-state index is 0.196. The van der Waals surface area contributed by atoms with E-state index < -0.39 is 0 Å². The molecule has 18 heavy (non-hydrogen) atoms. The third-order valence-corrected chi connectivity index (χ3v) is 3.75. The van der Waals surface area contributed by atoms with Gasteiger partial charge in [0.25, 0.3) is 0 Å². The van der Waals surface area contributed by atoms with Crippen LogP contribution in [-0.4, -0.2) is 4.98 Å². The molecule has 3 rings (SSSR count). The van der Waals surface area contributed by atoms with E-state index >= 15 is 0 Å². The molecule has 0 aliphatic rings. The summed E-state index contributed by atoms with van der Waals surface area (Å²) in [5.41, 5.74) is 6.98. The van der Waals surface area contributed by atoms with Gasteiger partial charge < -0.3 is 10.7 Å². The minimum Gasteiger partial charge on any atom is -0.395 e. The number of H-pyrrole nitrogens is 1. The Bertz CT molecular complexity index is 673. The van der Waals surface area contributed by atoms with Crippen molar-refractivity contribution in [2.24, 2.45) is 0 Å². The average Bonchev–Trinajstić information content (AvgIpc) is 2.77. The van der Waals surface area contributed by atoms with Crippen molar-refractivity contribution in [3.05, 3.63) is 54.3 Å². The summed E-state index contributed by atoms with van der Waals surface area (Å²) in [6.45, 7) is 0. The molecule has 0 aliphatic carbocycles. The second-order valence-corrected chi connectivity index (χ2v) is 5.06. The molecule has 1 heterocycles. The number of benzene rings is 2. The molecular formula is C14H11FN2S. The van der Waals surface area contributed by atoms with Crippen molar-refractivity contribution in [1.29, 1.82) is 0 Å². The van der Waals surface area contributed by atoms with E-state index in [-0.39, 0.29) is 11.5 Å². The van der Waals surface area contributed by atoms with Crippen LogP contribution in [0.15, 0.2) is 58.5 Å². The number of halogens is 1. The van der Waals surface area contributed by atoms with Crippen molar-refractivity contribution in [2.45, 2.75) is 9.92 Å². The maximum Gasteiger partial charge on any atom is 0.147 e. The number of fused-ring (bicyclic) bond motifs is 1. The van der Waals surface area contributed by atoms with Gasteiger partial charge in [0.05, 0.1) is 10.7 Å². The summed E-state index contributed by atoms with van der Waals surface area (Å²) in [6.07, 6.45) is 0. The third kappa shape index (κ3) is 1.95. The molecule has 0 radical (unpaired) electrons. The van der Waals surface area contributed by atoms with Gasteiger partial charge in [-0.15, -0.1) is 0 Å². The van der Waals surface area contributed by atoms with Gasteiger partial charge >= 0.3 is 0 Å². The van der Waals surface area contributed by atoms with Crippen molar-refractivity contribution in [3.8, 4) is 0 Å². The van der Waals surface area contributed by atoms with Crippen molar-refractivity contribution >= 4 is 28.4 Å². The largest absolute Gasteiger partial charge is 0.395 e. The van der Waals surface area contributed by atoms with Gasteiger partial charge in [-0.05, 0) is 24.3 Å². The van der Waals surface area contributed by atoms with E-state index in [1.54, 1.807) is 6.07 Å². The molecule has 4 heteroatoms. The lowest BCUT2D eigenvalue weighted by Gasteiger charge is -2.03. The van der Waals surface area contributed by atoms with Crippen molar-refractivity contribution < 1.29 is 4.39 Å². The predicted octanol–water partition coefficient (Wildman–Crippen LogP) is 4.04. The van der Waals surface area contributed by atoms with E-state index in [1.807, 2.05) is 36.4 Å². The molecule has 0 atom stereocenters.